The van der Waals surface area contributed by atoms with Gasteiger partial charge in [-0.05, 0) is 43.9 Å². The zero-order chi connectivity index (χ0) is 14.1. The Morgan fingerprint density at radius 2 is 2.30 bits per heavy atom. The van der Waals surface area contributed by atoms with Gasteiger partial charge >= 0.3 is 0 Å². The molecule has 0 amide bonds. The van der Waals surface area contributed by atoms with Crippen molar-refractivity contribution in [3.8, 4) is 0 Å². The van der Waals surface area contributed by atoms with Crippen LogP contribution < -0.4 is 0 Å². The standard InChI is InChI=1S/C16H21N3O/c1-3-12-10-14(19(4-2)18-12)16(20)13-8-7-11-6-5-9-17-15(11)13/h5-6,9-10,13,16,20H,3-4,7-8H2,1-2H3. The third kappa shape index (κ3) is 2.14. The molecule has 2 unspecified atom stereocenters. The van der Waals surface area contributed by atoms with Crippen LogP contribution in [-0.4, -0.2) is 19.9 Å². The predicted octanol–water partition coefficient (Wildman–Crippen LogP) is 2.62. The number of pyridine rings is 1. The number of hydrogen-bond donors (Lipinski definition) is 1. The maximum atomic E-state index is 10.8. The van der Waals surface area contributed by atoms with Crippen LogP contribution in [0.1, 0.15) is 54.9 Å². The highest BCUT2D eigenvalue weighted by molar-refractivity contribution is 5.31. The molecule has 1 aliphatic carbocycles. The monoisotopic (exact) mass is 271 g/mol. The smallest absolute Gasteiger partial charge is 0.104 e. The highest BCUT2D eigenvalue weighted by atomic mass is 16.3. The normalized spacial score (nSPS) is 19.1. The lowest BCUT2D eigenvalue weighted by Crippen LogP contribution is -2.14. The summed E-state index contributed by atoms with van der Waals surface area (Å²) >= 11 is 0. The molecule has 0 saturated carbocycles. The van der Waals surface area contributed by atoms with E-state index >= 15 is 0 Å². The summed E-state index contributed by atoms with van der Waals surface area (Å²) in [5.74, 6) is 0.0953. The van der Waals surface area contributed by atoms with Gasteiger partial charge in [0.2, 0.25) is 0 Å². The van der Waals surface area contributed by atoms with Crippen LogP contribution in [0.4, 0.5) is 0 Å². The summed E-state index contributed by atoms with van der Waals surface area (Å²) < 4.78 is 1.92. The highest BCUT2D eigenvalue weighted by Gasteiger charge is 2.32. The molecule has 2 aromatic rings. The fourth-order valence-corrected chi connectivity index (χ4v) is 3.11. The number of hydrogen-bond acceptors (Lipinski definition) is 3. The molecule has 0 saturated heterocycles. The van der Waals surface area contributed by atoms with E-state index in [1.54, 1.807) is 0 Å². The molecule has 0 aliphatic heterocycles. The Balaban J connectivity index is 1.94. The van der Waals surface area contributed by atoms with Crippen LogP contribution in [0.25, 0.3) is 0 Å². The average molecular weight is 271 g/mol. The van der Waals surface area contributed by atoms with Gasteiger partial charge in [-0.1, -0.05) is 13.0 Å². The molecule has 2 heterocycles. The number of aryl methyl sites for hydroxylation is 3. The quantitative estimate of drug-likeness (QED) is 0.930. The van der Waals surface area contributed by atoms with Crippen LogP contribution in [0.2, 0.25) is 0 Å². The van der Waals surface area contributed by atoms with E-state index < -0.39 is 6.10 Å². The summed E-state index contributed by atoms with van der Waals surface area (Å²) in [6, 6.07) is 6.12. The Kier molecular flexibility index (Phi) is 3.57. The lowest BCUT2D eigenvalue weighted by molar-refractivity contribution is 0.133. The summed E-state index contributed by atoms with van der Waals surface area (Å²) in [6.45, 7) is 4.93. The van der Waals surface area contributed by atoms with Crippen LogP contribution in [-0.2, 0) is 19.4 Å². The third-order valence-electron chi connectivity index (χ3n) is 4.21. The molecule has 1 aliphatic rings. The first-order valence-electron chi connectivity index (χ1n) is 7.43. The molecule has 0 radical (unpaired) electrons. The van der Waals surface area contributed by atoms with Gasteiger partial charge in [-0.2, -0.15) is 5.10 Å². The molecule has 106 valence electrons. The zero-order valence-electron chi connectivity index (χ0n) is 12.1. The van der Waals surface area contributed by atoms with Gasteiger partial charge in [-0.3, -0.25) is 9.67 Å². The average Bonchev–Trinajstić information content (AvgIpc) is 3.10. The largest absolute Gasteiger partial charge is 0.386 e. The van der Waals surface area contributed by atoms with Crippen molar-refractivity contribution >= 4 is 0 Å². The van der Waals surface area contributed by atoms with E-state index in [1.165, 1.54) is 5.56 Å². The first kappa shape index (κ1) is 13.3. The molecular formula is C16H21N3O. The third-order valence-corrected chi connectivity index (χ3v) is 4.21. The van der Waals surface area contributed by atoms with E-state index in [0.717, 1.165) is 42.9 Å². The van der Waals surface area contributed by atoms with Gasteiger partial charge in [0, 0.05) is 24.4 Å². The van der Waals surface area contributed by atoms with Gasteiger partial charge in [-0.25, -0.2) is 0 Å². The molecule has 0 fully saturated rings. The van der Waals surface area contributed by atoms with Crippen molar-refractivity contribution in [2.24, 2.45) is 0 Å². The fourth-order valence-electron chi connectivity index (χ4n) is 3.11. The SMILES string of the molecule is CCc1cc(C(O)C2CCc3cccnc32)n(CC)n1. The van der Waals surface area contributed by atoms with Crippen LogP contribution in [0.5, 0.6) is 0 Å². The van der Waals surface area contributed by atoms with E-state index in [9.17, 15) is 5.11 Å². The number of rotatable bonds is 4. The van der Waals surface area contributed by atoms with Crippen molar-refractivity contribution in [3.63, 3.8) is 0 Å². The Morgan fingerprint density at radius 3 is 3.05 bits per heavy atom. The summed E-state index contributed by atoms with van der Waals surface area (Å²) in [7, 11) is 0. The van der Waals surface area contributed by atoms with Gasteiger partial charge in [0.05, 0.1) is 11.4 Å². The van der Waals surface area contributed by atoms with E-state index in [4.69, 9.17) is 0 Å². The Hall–Kier alpha value is -1.68. The number of aromatic nitrogens is 3. The summed E-state index contributed by atoms with van der Waals surface area (Å²) in [6.07, 6.45) is 4.17. The Labute approximate surface area is 119 Å². The van der Waals surface area contributed by atoms with Crippen molar-refractivity contribution in [1.29, 1.82) is 0 Å². The van der Waals surface area contributed by atoms with Crippen molar-refractivity contribution in [3.05, 3.63) is 47.0 Å². The summed E-state index contributed by atoms with van der Waals surface area (Å²) in [5, 5.41) is 15.3. The van der Waals surface area contributed by atoms with Gasteiger partial charge in [0.15, 0.2) is 0 Å². The number of aliphatic hydroxyl groups is 1. The first-order chi connectivity index (χ1) is 9.74. The van der Waals surface area contributed by atoms with Crippen molar-refractivity contribution in [2.75, 3.05) is 0 Å². The molecule has 4 heteroatoms. The van der Waals surface area contributed by atoms with E-state index in [-0.39, 0.29) is 5.92 Å². The number of fused-ring (bicyclic) bond motifs is 1. The molecular weight excluding hydrogens is 250 g/mol. The minimum absolute atomic E-state index is 0.0953. The van der Waals surface area contributed by atoms with Crippen molar-refractivity contribution < 1.29 is 5.11 Å². The molecule has 2 aromatic heterocycles. The van der Waals surface area contributed by atoms with E-state index in [2.05, 4.69) is 30.0 Å². The lowest BCUT2D eigenvalue weighted by Gasteiger charge is -2.19. The highest BCUT2D eigenvalue weighted by Crippen LogP contribution is 2.40. The molecule has 20 heavy (non-hydrogen) atoms. The minimum Gasteiger partial charge on any atom is -0.386 e. The van der Waals surface area contributed by atoms with Crippen LogP contribution in [0.3, 0.4) is 0 Å². The van der Waals surface area contributed by atoms with Gasteiger partial charge in [0.1, 0.15) is 6.10 Å². The summed E-state index contributed by atoms with van der Waals surface area (Å²) in [5.41, 5.74) is 4.30. The van der Waals surface area contributed by atoms with Gasteiger partial charge in [0.25, 0.3) is 0 Å². The fraction of sp³-hybridized carbons (Fsp3) is 0.500. The maximum Gasteiger partial charge on any atom is 0.104 e. The lowest BCUT2D eigenvalue weighted by atomic mass is 9.96. The molecule has 2 atom stereocenters. The summed E-state index contributed by atoms with van der Waals surface area (Å²) in [4.78, 5) is 4.48. The second kappa shape index (κ2) is 5.37. The first-order valence-corrected chi connectivity index (χ1v) is 7.43. The predicted molar refractivity (Wildman–Crippen MR) is 77.5 cm³/mol. The molecule has 1 N–H and O–H groups in total. The topological polar surface area (TPSA) is 50.9 Å². The van der Waals surface area contributed by atoms with Crippen molar-refractivity contribution in [1.82, 2.24) is 14.8 Å². The Bertz CT molecular complexity index is 606. The number of nitrogens with zero attached hydrogens (tertiary/aromatic N) is 3. The van der Waals surface area contributed by atoms with Crippen LogP contribution >= 0.6 is 0 Å². The minimum atomic E-state index is -0.515. The van der Waals surface area contributed by atoms with Crippen LogP contribution in [0.15, 0.2) is 24.4 Å². The molecule has 3 rings (SSSR count). The van der Waals surface area contributed by atoms with Crippen molar-refractivity contribution in [2.45, 2.75) is 51.7 Å². The molecule has 0 aromatic carbocycles. The van der Waals surface area contributed by atoms with Gasteiger partial charge in [-0.15, -0.1) is 0 Å². The van der Waals surface area contributed by atoms with Crippen LogP contribution in [0, 0.1) is 0 Å². The second-order valence-corrected chi connectivity index (χ2v) is 5.37. The Morgan fingerprint density at radius 1 is 1.45 bits per heavy atom. The maximum absolute atomic E-state index is 10.8. The molecule has 0 bridgehead atoms. The van der Waals surface area contributed by atoms with E-state index in [0.29, 0.717) is 0 Å². The second-order valence-electron chi connectivity index (χ2n) is 5.37. The molecule has 4 nitrogen and oxygen atoms in total. The van der Waals surface area contributed by atoms with E-state index in [1.807, 2.05) is 23.0 Å². The zero-order valence-corrected chi connectivity index (χ0v) is 12.1. The molecule has 0 spiro atoms. The number of aliphatic hydroxyl groups excluding tert-OH is 1. The van der Waals surface area contributed by atoms with Gasteiger partial charge < -0.3 is 5.11 Å².